The molecule has 0 fully saturated rings. The van der Waals surface area contributed by atoms with Gasteiger partial charge in [0.1, 0.15) is 11.5 Å². The fourth-order valence-corrected chi connectivity index (χ4v) is 1.95. The summed E-state index contributed by atoms with van der Waals surface area (Å²) in [6.45, 7) is 1.86. The van der Waals surface area contributed by atoms with Crippen LogP contribution in [0, 0.1) is 0 Å². The second-order valence-electron chi connectivity index (χ2n) is 4.28. The Morgan fingerprint density at radius 3 is 2.67 bits per heavy atom. The molecule has 0 spiro atoms. The summed E-state index contributed by atoms with van der Waals surface area (Å²) in [5, 5.41) is 11.7. The molecule has 0 saturated heterocycles. The van der Waals surface area contributed by atoms with Gasteiger partial charge in [0.2, 0.25) is 0 Å². The van der Waals surface area contributed by atoms with Crippen molar-refractivity contribution in [1.82, 2.24) is 0 Å². The van der Waals surface area contributed by atoms with Gasteiger partial charge in [0, 0.05) is 12.5 Å². The number of amides is 1. The first-order chi connectivity index (χ1) is 10.1. The molecule has 1 heterocycles. The number of hydrogen-bond acceptors (Lipinski definition) is 4. The van der Waals surface area contributed by atoms with Crippen LogP contribution in [0.25, 0.3) is 0 Å². The van der Waals surface area contributed by atoms with Gasteiger partial charge in [0.25, 0.3) is 5.91 Å². The zero-order valence-electron chi connectivity index (χ0n) is 11.7. The lowest BCUT2D eigenvalue weighted by Gasteiger charge is -2.10. The molecule has 2 rings (SSSR count). The summed E-state index contributed by atoms with van der Waals surface area (Å²) >= 11 is 0. The van der Waals surface area contributed by atoms with Gasteiger partial charge < -0.3 is 19.6 Å². The fraction of sp³-hybridized carbons (Fsp3) is 0.200. The second-order valence-corrected chi connectivity index (χ2v) is 4.28. The molecule has 0 bridgehead atoms. The number of anilines is 1. The quantitative estimate of drug-likeness (QED) is 0.883. The topological polar surface area (TPSA) is 88.8 Å². The highest BCUT2D eigenvalue weighted by Crippen LogP contribution is 2.24. The predicted octanol–water partition coefficient (Wildman–Crippen LogP) is 2.80. The van der Waals surface area contributed by atoms with Gasteiger partial charge in [0.05, 0.1) is 30.2 Å². The largest absolute Gasteiger partial charge is 0.497 e. The highest BCUT2D eigenvalue weighted by Gasteiger charge is 2.17. The maximum absolute atomic E-state index is 12.2. The van der Waals surface area contributed by atoms with E-state index in [0.717, 1.165) is 0 Å². The molecule has 0 saturated carbocycles. The van der Waals surface area contributed by atoms with E-state index in [1.807, 2.05) is 6.92 Å². The Labute approximate surface area is 121 Å². The number of methoxy groups -OCH3 is 1. The molecule has 2 aromatic rings. The summed E-state index contributed by atoms with van der Waals surface area (Å²) in [6, 6.07) is 5.92. The minimum Gasteiger partial charge on any atom is -0.497 e. The number of furan rings is 1. The molecule has 0 radical (unpaired) electrons. The van der Waals surface area contributed by atoms with Crippen LogP contribution in [0.5, 0.6) is 5.75 Å². The number of carboxylic acid groups (broad SMARTS) is 1. The molecule has 6 nitrogen and oxygen atoms in total. The zero-order chi connectivity index (χ0) is 15.4. The first-order valence-electron chi connectivity index (χ1n) is 6.35. The molecule has 0 aliphatic heterocycles. The smallest absolute Gasteiger partial charge is 0.337 e. The summed E-state index contributed by atoms with van der Waals surface area (Å²) < 4.78 is 10.2. The number of hydrogen-bond donors (Lipinski definition) is 2. The van der Waals surface area contributed by atoms with Gasteiger partial charge >= 0.3 is 5.97 Å². The number of rotatable bonds is 5. The van der Waals surface area contributed by atoms with Gasteiger partial charge in [-0.15, -0.1) is 0 Å². The lowest BCUT2D eigenvalue weighted by atomic mass is 10.1. The third-order valence-electron chi connectivity index (χ3n) is 3.02. The number of aromatic carboxylic acids is 1. The Bertz CT molecular complexity index is 674. The van der Waals surface area contributed by atoms with E-state index in [1.165, 1.54) is 31.6 Å². The molecule has 1 amide bonds. The summed E-state index contributed by atoms with van der Waals surface area (Å²) in [5.74, 6) is -0.544. The van der Waals surface area contributed by atoms with Gasteiger partial charge in [0.15, 0.2) is 0 Å². The minimum atomic E-state index is -1.13. The third kappa shape index (κ3) is 3.05. The van der Waals surface area contributed by atoms with Gasteiger partial charge in [-0.25, -0.2) is 4.79 Å². The van der Waals surface area contributed by atoms with Crippen molar-refractivity contribution in [3.05, 3.63) is 47.4 Å². The van der Waals surface area contributed by atoms with E-state index in [1.54, 1.807) is 6.07 Å². The van der Waals surface area contributed by atoms with E-state index in [2.05, 4.69) is 5.32 Å². The third-order valence-corrected chi connectivity index (χ3v) is 3.02. The van der Waals surface area contributed by atoms with Crippen LogP contribution in [0.15, 0.2) is 34.9 Å². The summed E-state index contributed by atoms with van der Waals surface area (Å²) in [7, 11) is 1.46. The van der Waals surface area contributed by atoms with Crippen LogP contribution in [0.2, 0.25) is 0 Å². The van der Waals surface area contributed by atoms with Gasteiger partial charge in [-0.3, -0.25) is 4.79 Å². The van der Waals surface area contributed by atoms with E-state index >= 15 is 0 Å². The van der Waals surface area contributed by atoms with Crippen molar-refractivity contribution < 1.29 is 23.8 Å². The number of carbonyl (C=O) groups excluding carboxylic acids is 1. The van der Waals surface area contributed by atoms with Crippen LogP contribution < -0.4 is 10.1 Å². The maximum atomic E-state index is 12.2. The van der Waals surface area contributed by atoms with Crippen molar-refractivity contribution in [2.24, 2.45) is 0 Å². The SMILES string of the molecule is CCc1occc1C(=O)Nc1cc(OC)ccc1C(=O)O. The Balaban J connectivity index is 2.34. The van der Waals surface area contributed by atoms with Crippen molar-refractivity contribution >= 4 is 17.6 Å². The molecule has 0 aliphatic rings. The zero-order valence-corrected chi connectivity index (χ0v) is 11.7. The van der Waals surface area contributed by atoms with E-state index in [4.69, 9.17) is 14.3 Å². The first kappa shape index (κ1) is 14.6. The molecule has 0 aliphatic carbocycles. The molecule has 21 heavy (non-hydrogen) atoms. The Morgan fingerprint density at radius 2 is 2.05 bits per heavy atom. The van der Waals surface area contributed by atoms with Crippen molar-refractivity contribution in [3.63, 3.8) is 0 Å². The normalized spacial score (nSPS) is 10.2. The summed E-state index contributed by atoms with van der Waals surface area (Å²) in [6.07, 6.45) is 2.00. The van der Waals surface area contributed by atoms with Crippen LogP contribution in [-0.2, 0) is 6.42 Å². The molecule has 0 unspecified atom stereocenters. The van der Waals surface area contributed by atoms with Crippen LogP contribution in [-0.4, -0.2) is 24.1 Å². The molecule has 1 aromatic heterocycles. The van der Waals surface area contributed by atoms with Crippen LogP contribution in [0.3, 0.4) is 0 Å². The standard InChI is InChI=1S/C15H15NO5/c1-3-13-11(6-7-21-13)14(17)16-12-8-9(20-2)4-5-10(12)15(18)19/h4-8H,3H2,1-2H3,(H,16,17)(H,18,19). The van der Waals surface area contributed by atoms with Gasteiger partial charge in [-0.2, -0.15) is 0 Å². The number of aryl methyl sites for hydroxylation is 1. The molecule has 110 valence electrons. The number of nitrogens with one attached hydrogen (secondary N) is 1. The van der Waals surface area contributed by atoms with Crippen LogP contribution in [0.1, 0.15) is 33.4 Å². The number of benzene rings is 1. The molecule has 0 atom stereocenters. The molecular weight excluding hydrogens is 274 g/mol. The molecule has 2 N–H and O–H groups in total. The predicted molar refractivity (Wildman–Crippen MR) is 76.0 cm³/mol. The van der Waals surface area contributed by atoms with E-state index < -0.39 is 11.9 Å². The van der Waals surface area contributed by atoms with Gasteiger partial charge in [-0.05, 0) is 18.2 Å². The Kier molecular flexibility index (Phi) is 4.27. The average Bonchev–Trinajstić information content (AvgIpc) is 2.95. The summed E-state index contributed by atoms with van der Waals surface area (Å²) in [4.78, 5) is 23.4. The van der Waals surface area contributed by atoms with Crippen molar-refractivity contribution in [1.29, 1.82) is 0 Å². The van der Waals surface area contributed by atoms with Crippen molar-refractivity contribution in [3.8, 4) is 5.75 Å². The van der Waals surface area contributed by atoms with Crippen LogP contribution >= 0.6 is 0 Å². The highest BCUT2D eigenvalue weighted by atomic mass is 16.5. The minimum absolute atomic E-state index is 0.00862. The number of ether oxygens (including phenoxy) is 1. The van der Waals surface area contributed by atoms with E-state index in [-0.39, 0.29) is 11.3 Å². The van der Waals surface area contributed by atoms with Crippen molar-refractivity contribution in [2.75, 3.05) is 12.4 Å². The number of carbonyl (C=O) groups is 2. The first-order valence-corrected chi connectivity index (χ1v) is 6.35. The second kappa shape index (κ2) is 6.13. The lowest BCUT2D eigenvalue weighted by Crippen LogP contribution is -2.15. The fourth-order valence-electron chi connectivity index (χ4n) is 1.95. The Morgan fingerprint density at radius 1 is 1.29 bits per heavy atom. The molecule has 6 heteroatoms. The molecular formula is C15H15NO5. The summed E-state index contributed by atoms with van der Waals surface area (Å²) in [5.41, 5.74) is 0.553. The maximum Gasteiger partial charge on any atom is 0.337 e. The highest BCUT2D eigenvalue weighted by molar-refractivity contribution is 6.08. The van der Waals surface area contributed by atoms with E-state index in [0.29, 0.717) is 23.5 Å². The van der Waals surface area contributed by atoms with Crippen molar-refractivity contribution in [2.45, 2.75) is 13.3 Å². The van der Waals surface area contributed by atoms with Crippen LogP contribution in [0.4, 0.5) is 5.69 Å². The monoisotopic (exact) mass is 289 g/mol. The van der Waals surface area contributed by atoms with Gasteiger partial charge in [-0.1, -0.05) is 6.92 Å². The average molecular weight is 289 g/mol. The number of carboxylic acids is 1. The van der Waals surface area contributed by atoms with E-state index in [9.17, 15) is 9.59 Å². The molecule has 1 aromatic carbocycles. The lowest BCUT2D eigenvalue weighted by molar-refractivity contribution is 0.0698. The Hall–Kier alpha value is -2.76.